The van der Waals surface area contributed by atoms with Crippen molar-refractivity contribution >= 4 is 11.7 Å². The number of oxime groups is 1. The number of nitrogens with two attached hydrogens (primary N) is 1. The quantitative estimate of drug-likeness (QED) is 0.278. The molecule has 0 aliphatic heterocycles. The van der Waals surface area contributed by atoms with Crippen LogP contribution in [0.3, 0.4) is 0 Å². The number of nitrogens with one attached hydrogen (secondary N) is 1. The van der Waals surface area contributed by atoms with E-state index in [-0.39, 0.29) is 30.5 Å². The highest BCUT2D eigenvalue weighted by atomic mass is 16.4. The summed E-state index contributed by atoms with van der Waals surface area (Å²) in [5, 5.41) is 13.6. The number of amides is 1. The van der Waals surface area contributed by atoms with E-state index in [9.17, 15) is 4.79 Å². The van der Waals surface area contributed by atoms with E-state index >= 15 is 0 Å². The summed E-state index contributed by atoms with van der Waals surface area (Å²) >= 11 is 0. The maximum Gasteiger partial charge on any atom is 0.289 e. The van der Waals surface area contributed by atoms with Gasteiger partial charge in [0.15, 0.2) is 6.39 Å². The fourth-order valence-electron chi connectivity index (χ4n) is 0.954. The molecule has 0 saturated carbocycles. The van der Waals surface area contributed by atoms with E-state index in [2.05, 4.69) is 15.5 Å². The zero-order valence-electron chi connectivity index (χ0n) is 8.23. The molecule has 7 heteroatoms. The second-order valence-electron chi connectivity index (χ2n) is 2.86. The fourth-order valence-corrected chi connectivity index (χ4v) is 0.954. The van der Waals surface area contributed by atoms with Crippen LogP contribution in [0.2, 0.25) is 0 Å². The summed E-state index contributed by atoms with van der Waals surface area (Å²) in [5.41, 5.74) is 5.75. The maximum atomic E-state index is 11.4. The highest BCUT2D eigenvalue weighted by molar-refractivity contribution is 5.92. The predicted molar refractivity (Wildman–Crippen MR) is 51.6 cm³/mol. The van der Waals surface area contributed by atoms with Crippen LogP contribution in [-0.2, 0) is 0 Å². The molecule has 0 aliphatic carbocycles. The molecule has 15 heavy (non-hydrogen) atoms. The normalized spacial score (nSPS) is 11.4. The van der Waals surface area contributed by atoms with Gasteiger partial charge in [-0.05, 0) is 6.92 Å². The first-order valence-electron chi connectivity index (χ1n) is 4.30. The van der Waals surface area contributed by atoms with Gasteiger partial charge in [0.1, 0.15) is 5.84 Å². The van der Waals surface area contributed by atoms with Gasteiger partial charge in [0.25, 0.3) is 5.91 Å². The summed E-state index contributed by atoms with van der Waals surface area (Å²) in [6.07, 6.45) is 1.48. The summed E-state index contributed by atoms with van der Waals surface area (Å²) in [7, 11) is 0. The van der Waals surface area contributed by atoms with Crippen molar-refractivity contribution in [1.82, 2.24) is 10.3 Å². The van der Waals surface area contributed by atoms with Crippen molar-refractivity contribution in [2.45, 2.75) is 13.3 Å². The number of oxazole rings is 1. The average Bonchev–Trinajstić information content (AvgIpc) is 2.64. The van der Waals surface area contributed by atoms with Crippen LogP contribution >= 0.6 is 0 Å². The third-order valence-electron chi connectivity index (χ3n) is 1.75. The first kappa shape index (κ1) is 11.0. The highest BCUT2D eigenvalue weighted by Crippen LogP contribution is 2.03. The largest absolute Gasteiger partial charge is 0.438 e. The Morgan fingerprint density at radius 1 is 1.80 bits per heavy atom. The molecule has 4 N–H and O–H groups in total. The Balaban J connectivity index is 2.41. The van der Waals surface area contributed by atoms with Crippen LogP contribution in [0.1, 0.15) is 22.7 Å². The van der Waals surface area contributed by atoms with Crippen LogP contribution in [-0.4, -0.2) is 28.5 Å². The molecule has 1 rings (SSSR count). The molecule has 0 bridgehead atoms. The van der Waals surface area contributed by atoms with E-state index in [0.29, 0.717) is 5.69 Å². The zero-order valence-corrected chi connectivity index (χ0v) is 8.23. The Morgan fingerprint density at radius 3 is 3.07 bits per heavy atom. The van der Waals surface area contributed by atoms with Crippen molar-refractivity contribution in [3.05, 3.63) is 17.8 Å². The molecule has 0 aromatic carbocycles. The molecule has 0 spiro atoms. The van der Waals surface area contributed by atoms with Gasteiger partial charge in [0.2, 0.25) is 5.76 Å². The molecule has 0 aliphatic rings. The third-order valence-corrected chi connectivity index (χ3v) is 1.75. The minimum Gasteiger partial charge on any atom is -0.438 e. The van der Waals surface area contributed by atoms with Crippen LogP contribution in [0.15, 0.2) is 16.0 Å². The van der Waals surface area contributed by atoms with Crippen molar-refractivity contribution in [2.24, 2.45) is 10.9 Å². The molecule has 0 unspecified atom stereocenters. The van der Waals surface area contributed by atoms with Gasteiger partial charge >= 0.3 is 0 Å². The van der Waals surface area contributed by atoms with E-state index in [1.54, 1.807) is 6.92 Å². The lowest BCUT2D eigenvalue weighted by Gasteiger charge is -2.01. The van der Waals surface area contributed by atoms with Crippen molar-refractivity contribution < 1.29 is 14.4 Å². The summed E-state index contributed by atoms with van der Waals surface area (Å²) in [5.74, 6) is -0.130. The number of carbonyl (C=O) groups excluding carboxylic acids is 1. The lowest BCUT2D eigenvalue weighted by atomic mass is 10.3. The third kappa shape index (κ3) is 2.97. The van der Waals surface area contributed by atoms with Gasteiger partial charge in [0.05, 0.1) is 5.69 Å². The minimum atomic E-state index is -0.365. The second kappa shape index (κ2) is 4.99. The van der Waals surface area contributed by atoms with Gasteiger partial charge in [-0.3, -0.25) is 4.79 Å². The number of hydrogen-bond donors (Lipinski definition) is 3. The summed E-state index contributed by atoms with van der Waals surface area (Å²) in [6.45, 7) is 1.94. The molecule has 7 nitrogen and oxygen atoms in total. The second-order valence-corrected chi connectivity index (χ2v) is 2.86. The van der Waals surface area contributed by atoms with Gasteiger partial charge in [-0.1, -0.05) is 5.16 Å². The van der Waals surface area contributed by atoms with E-state index in [4.69, 9.17) is 15.4 Å². The van der Waals surface area contributed by atoms with Gasteiger partial charge in [0, 0.05) is 13.0 Å². The van der Waals surface area contributed by atoms with Crippen molar-refractivity contribution in [2.75, 3.05) is 6.54 Å². The Kier molecular flexibility index (Phi) is 3.67. The molecule has 1 aromatic rings. The first-order chi connectivity index (χ1) is 7.15. The average molecular weight is 212 g/mol. The summed E-state index contributed by atoms with van der Waals surface area (Å²) in [6, 6.07) is 0. The minimum absolute atomic E-state index is 0.0598. The Labute approximate surface area is 86.0 Å². The zero-order chi connectivity index (χ0) is 11.3. The van der Waals surface area contributed by atoms with Crippen LogP contribution in [0.4, 0.5) is 0 Å². The standard InChI is InChI=1S/C8H12N4O3/c1-5-7(15-4-11-5)8(13)10-3-2-6(9)12-14/h4,14H,2-3H2,1H3,(H2,9,12)(H,10,13). The monoisotopic (exact) mass is 212 g/mol. The molecule has 0 fully saturated rings. The van der Waals surface area contributed by atoms with Gasteiger partial charge in [-0.2, -0.15) is 0 Å². The SMILES string of the molecule is Cc1ncoc1C(=O)NCCC(N)=NO. The van der Waals surface area contributed by atoms with Crippen LogP contribution < -0.4 is 11.1 Å². The fraction of sp³-hybridized carbons (Fsp3) is 0.375. The van der Waals surface area contributed by atoms with E-state index in [0.717, 1.165) is 0 Å². The van der Waals surface area contributed by atoms with E-state index in [1.165, 1.54) is 6.39 Å². The van der Waals surface area contributed by atoms with Crippen LogP contribution in [0, 0.1) is 6.92 Å². The number of aryl methyl sites for hydroxylation is 1. The number of carbonyl (C=O) groups is 1. The number of amidine groups is 1. The number of rotatable bonds is 4. The van der Waals surface area contributed by atoms with Crippen molar-refractivity contribution in [3.63, 3.8) is 0 Å². The molecule has 82 valence electrons. The Hall–Kier alpha value is -2.05. The molecule has 0 radical (unpaired) electrons. The van der Waals surface area contributed by atoms with Crippen molar-refractivity contribution in [3.8, 4) is 0 Å². The van der Waals surface area contributed by atoms with Gasteiger partial charge in [-0.15, -0.1) is 0 Å². The van der Waals surface area contributed by atoms with Crippen LogP contribution in [0.25, 0.3) is 0 Å². The molecule has 1 amide bonds. The van der Waals surface area contributed by atoms with Gasteiger partial charge in [-0.25, -0.2) is 4.98 Å². The van der Waals surface area contributed by atoms with E-state index < -0.39 is 0 Å². The van der Waals surface area contributed by atoms with Crippen molar-refractivity contribution in [1.29, 1.82) is 0 Å². The van der Waals surface area contributed by atoms with Crippen LogP contribution in [0.5, 0.6) is 0 Å². The molecule has 1 aromatic heterocycles. The molecular formula is C8H12N4O3. The highest BCUT2D eigenvalue weighted by Gasteiger charge is 2.12. The molecule has 1 heterocycles. The lowest BCUT2D eigenvalue weighted by molar-refractivity contribution is 0.0926. The first-order valence-corrected chi connectivity index (χ1v) is 4.30. The topological polar surface area (TPSA) is 114 Å². The number of nitrogens with zero attached hydrogens (tertiary/aromatic N) is 2. The molecule has 0 saturated heterocycles. The molecule has 0 atom stereocenters. The summed E-state index contributed by atoms with van der Waals surface area (Å²) in [4.78, 5) is 15.2. The maximum absolute atomic E-state index is 11.4. The summed E-state index contributed by atoms with van der Waals surface area (Å²) < 4.78 is 4.88. The van der Waals surface area contributed by atoms with Gasteiger partial charge < -0.3 is 20.7 Å². The Bertz CT molecular complexity index is 372. The number of aromatic nitrogens is 1. The number of hydrogen-bond acceptors (Lipinski definition) is 5. The predicted octanol–water partition coefficient (Wildman–Crippen LogP) is -0.151. The molecular weight excluding hydrogens is 200 g/mol. The Morgan fingerprint density at radius 2 is 2.53 bits per heavy atom. The smallest absolute Gasteiger partial charge is 0.289 e. The van der Waals surface area contributed by atoms with E-state index in [1.807, 2.05) is 0 Å². The lowest BCUT2D eigenvalue weighted by Crippen LogP contribution is -2.28.